The molecule has 0 saturated carbocycles. The van der Waals surface area contributed by atoms with Crippen molar-refractivity contribution in [3.05, 3.63) is 28.5 Å². The minimum Gasteiger partial charge on any atom is -0.462 e. The Labute approximate surface area is 73.9 Å². The van der Waals surface area contributed by atoms with Gasteiger partial charge in [0.1, 0.15) is 11.6 Å². The van der Waals surface area contributed by atoms with Gasteiger partial charge in [0.2, 0.25) is 6.86 Å². The van der Waals surface area contributed by atoms with Crippen LogP contribution in [-0.2, 0) is 0 Å². The van der Waals surface area contributed by atoms with Gasteiger partial charge in [-0.3, -0.25) is 0 Å². The standard InChI is InChI=1S/C8H7ClF2O/c1-5-7(11)2-6(9)3-8(5)12-4-10/h2-3H,4H2,1H3. The van der Waals surface area contributed by atoms with E-state index in [0.717, 1.165) is 6.07 Å². The van der Waals surface area contributed by atoms with Gasteiger partial charge in [-0.05, 0) is 19.1 Å². The van der Waals surface area contributed by atoms with Crippen LogP contribution in [-0.4, -0.2) is 6.86 Å². The molecule has 0 saturated heterocycles. The van der Waals surface area contributed by atoms with Gasteiger partial charge in [0.25, 0.3) is 0 Å². The summed E-state index contributed by atoms with van der Waals surface area (Å²) in [7, 11) is 0. The first-order valence-electron chi connectivity index (χ1n) is 3.29. The molecule has 12 heavy (non-hydrogen) atoms. The van der Waals surface area contributed by atoms with E-state index in [-0.39, 0.29) is 16.3 Å². The van der Waals surface area contributed by atoms with Crippen molar-refractivity contribution < 1.29 is 13.5 Å². The van der Waals surface area contributed by atoms with Gasteiger partial charge in [-0.25, -0.2) is 8.78 Å². The molecule has 0 amide bonds. The lowest BCUT2D eigenvalue weighted by molar-refractivity contribution is 0.190. The van der Waals surface area contributed by atoms with Gasteiger partial charge in [-0.2, -0.15) is 0 Å². The van der Waals surface area contributed by atoms with Gasteiger partial charge in [-0.15, -0.1) is 0 Å². The Morgan fingerprint density at radius 2 is 2.17 bits per heavy atom. The zero-order valence-corrected chi connectivity index (χ0v) is 7.16. The Morgan fingerprint density at radius 1 is 1.50 bits per heavy atom. The lowest BCUT2D eigenvalue weighted by atomic mass is 10.2. The Bertz CT molecular complexity index is 289. The fourth-order valence-corrected chi connectivity index (χ4v) is 1.03. The van der Waals surface area contributed by atoms with Crippen molar-refractivity contribution in [3.8, 4) is 5.75 Å². The van der Waals surface area contributed by atoms with E-state index in [4.69, 9.17) is 11.6 Å². The number of halogens is 3. The van der Waals surface area contributed by atoms with Crippen molar-refractivity contribution in [2.75, 3.05) is 6.86 Å². The summed E-state index contributed by atoms with van der Waals surface area (Å²) in [6, 6.07) is 2.53. The topological polar surface area (TPSA) is 9.23 Å². The highest BCUT2D eigenvalue weighted by molar-refractivity contribution is 6.30. The minimum atomic E-state index is -0.985. The predicted molar refractivity (Wildman–Crippen MR) is 42.8 cm³/mol. The smallest absolute Gasteiger partial charge is 0.228 e. The van der Waals surface area contributed by atoms with Crippen LogP contribution < -0.4 is 4.74 Å². The molecule has 4 heteroatoms. The molecule has 0 bridgehead atoms. The summed E-state index contributed by atoms with van der Waals surface area (Å²) < 4.78 is 29.1. The van der Waals surface area contributed by atoms with Crippen LogP contribution in [0.25, 0.3) is 0 Å². The van der Waals surface area contributed by atoms with Crippen LogP contribution in [0.1, 0.15) is 5.56 Å². The molecule has 0 aromatic heterocycles. The Morgan fingerprint density at radius 3 is 2.75 bits per heavy atom. The zero-order chi connectivity index (χ0) is 9.14. The average molecular weight is 193 g/mol. The molecule has 1 aromatic rings. The summed E-state index contributed by atoms with van der Waals surface area (Å²) >= 11 is 5.52. The first-order chi connectivity index (χ1) is 5.65. The maximum Gasteiger partial charge on any atom is 0.228 e. The molecule has 0 aliphatic rings. The molecular weight excluding hydrogens is 186 g/mol. The average Bonchev–Trinajstić information content (AvgIpc) is 2.00. The van der Waals surface area contributed by atoms with E-state index in [9.17, 15) is 8.78 Å². The van der Waals surface area contributed by atoms with Gasteiger partial charge < -0.3 is 4.74 Å². The van der Waals surface area contributed by atoms with Crippen LogP contribution in [0.4, 0.5) is 8.78 Å². The molecule has 1 rings (SSSR count). The van der Waals surface area contributed by atoms with Crippen molar-refractivity contribution in [2.24, 2.45) is 0 Å². The Hall–Kier alpha value is -0.830. The van der Waals surface area contributed by atoms with Crippen LogP contribution in [0.5, 0.6) is 5.75 Å². The van der Waals surface area contributed by atoms with E-state index in [1.807, 2.05) is 0 Å². The van der Waals surface area contributed by atoms with E-state index in [1.54, 1.807) is 0 Å². The molecule has 0 radical (unpaired) electrons. The molecule has 0 unspecified atom stereocenters. The number of hydrogen-bond donors (Lipinski definition) is 0. The zero-order valence-electron chi connectivity index (χ0n) is 6.40. The second kappa shape index (κ2) is 3.72. The lowest BCUT2D eigenvalue weighted by Crippen LogP contribution is -1.94. The van der Waals surface area contributed by atoms with Gasteiger partial charge in [-0.1, -0.05) is 11.6 Å². The van der Waals surface area contributed by atoms with Gasteiger partial charge in [0.15, 0.2) is 0 Å². The van der Waals surface area contributed by atoms with Crippen molar-refractivity contribution in [2.45, 2.75) is 6.92 Å². The highest BCUT2D eigenvalue weighted by Crippen LogP contribution is 2.25. The van der Waals surface area contributed by atoms with Gasteiger partial charge in [0, 0.05) is 10.6 Å². The van der Waals surface area contributed by atoms with Crippen molar-refractivity contribution >= 4 is 11.6 Å². The van der Waals surface area contributed by atoms with Crippen LogP contribution >= 0.6 is 11.6 Å². The first-order valence-corrected chi connectivity index (χ1v) is 3.67. The summed E-state index contributed by atoms with van der Waals surface area (Å²) in [5.74, 6) is -0.353. The molecular formula is C8H7ClF2O. The third-order valence-corrected chi connectivity index (χ3v) is 1.69. The third kappa shape index (κ3) is 1.85. The van der Waals surface area contributed by atoms with Crippen molar-refractivity contribution in [1.82, 2.24) is 0 Å². The first kappa shape index (κ1) is 9.26. The van der Waals surface area contributed by atoms with E-state index in [0.29, 0.717) is 0 Å². The Balaban J connectivity index is 3.09. The second-order valence-electron chi connectivity index (χ2n) is 2.26. The number of benzene rings is 1. The summed E-state index contributed by atoms with van der Waals surface area (Å²) in [4.78, 5) is 0. The molecule has 0 fully saturated rings. The molecule has 1 nitrogen and oxygen atoms in total. The SMILES string of the molecule is Cc1c(F)cc(Cl)cc1OCF. The van der Waals surface area contributed by atoms with Gasteiger partial charge >= 0.3 is 0 Å². The van der Waals surface area contributed by atoms with Crippen LogP contribution in [0, 0.1) is 12.7 Å². The summed E-state index contributed by atoms with van der Waals surface area (Å²) in [6.45, 7) is 0.511. The maximum atomic E-state index is 12.9. The maximum absolute atomic E-state index is 12.9. The fourth-order valence-electron chi connectivity index (χ4n) is 0.831. The van der Waals surface area contributed by atoms with E-state index < -0.39 is 12.7 Å². The van der Waals surface area contributed by atoms with Crippen LogP contribution in [0.2, 0.25) is 5.02 Å². The van der Waals surface area contributed by atoms with Crippen LogP contribution in [0.15, 0.2) is 12.1 Å². The number of hydrogen-bond acceptors (Lipinski definition) is 1. The fraction of sp³-hybridized carbons (Fsp3) is 0.250. The highest BCUT2D eigenvalue weighted by Gasteiger charge is 2.06. The largest absolute Gasteiger partial charge is 0.462 e. The second-order valence-corrected chi connectivity index (χ2v) is 2.70. The molecule has 0 N–H and O–H groups in total. The molecule has 0 aliphatic heterocycles. The van der Waals surface area contributed by atoms with Gasteiger partial charge in [0.05, 0.1) is 0 Å². The van der Waals surface area contributed by atoms with Crippen LogP contribution in [0.3, 0.4) is 0 Å². The summed E-state index contributed by atoms with van der Waals surface area (Å²) in [5.41, 5.74) is 0.261. The van der Waals surface area contributed by atoms with Crippen molar-refractivity contribution in [1.29, 1.82) is 0 Å². The highest BCUT2D eigenvalue weighted by atomic mass is 35.5. The lowest BCUT2D eigenvalue weighted by Gasteiger charge is -2.06. The predicted octanol–water partition coefficient (Wildman–Crippen LogP) is 3.09. The molecule has 0 heterocycles. The number of rotatable bonds is 2. The molecule has 66 valence electrons. The summed E-state index contributed by atoms with van der Waals surface area (Å²) in [5, 5.41) is 0.196. The van der Waals surface area contributed by atoms with E-state index >= 15 is 0 Å². The Kier molecular flexibility index (Phi) is 2.87. The molecule has 0 atom stereocenters. The van der Waals surface area contributed by atoms with E-state index in [1.165, 1.54) is 13.0 Å². The molecule has 1 aromatic carbocycles. The molecule has 0 spiro atoms. The summed E-state index contributed by atoms with van der Waals surface area (Å²) in [6.07, 6.45) is 0. The third-order valence-electron chi connectivity index (χ3n) is 1.47. The van der Waals surface area contributed by atoms with E-state index in [2.05, 4.69) is 4.74 Å². The number of ether oxygens (including phenoxy) is 1. The monoisotopic (exact) mass is 192 g/mol. The minimum absolute atomic E-state index is 0.141. The van der Waals surface area contributed by atoms with Crippen molar-refractivity contribution in [3.63, 3.8) is 0 Å². The molecule has 0 aliphatic carbocycles. The quantitative estimate of drug-likeness (QED) is 0.700. The number of alkyl halides is 1. The normalized spacial score (nSPS) is 10.0.